The van der Waals surface area contributed by atoms with Crippen molar-refractivity contribution in [2.75, 3.05) is 6.61 Å². The smallest absolute Gasteiger partial charge is 0.229 e. The van der Waals surface area contributed by atoms with Gasteiger partial charge in [-0.15, -0.1) is 0 Å². The van der Waals surface area contributed by atoms with Crippen LogP contribution in [0.25, 0.3) is 22.3 Å². The maximum absolute atomic E-state index is 12.5. The second-order valence-electron chi connectivity index (χ2n) is 7.31. The first-order valence-electron chi connectivity index (χ1n) is 9.50. The zero-order valence-electron chi connectivity index (χ0n) is 16.3. The van der Waals surface area contributed by atoms with Crippen molar-refractivity contribution in [2.24, 2.45) is 0 Å². The topological polar surface area (TPSA) is 190 Å². The molecule has 1 saturated heterocycles. The van der Waals surface area contributed by atoms with Gasteiger partial charge in [-0.3, -0.25) is 4.79 Å². The highest BCUT2D eigenvalue weighted by Crippen LogP contribution is 2.35. The molecule has 3 aromatic rings. The lowest BCUT2D eigenvalue weighted by molar-refractivity contribution is -0.277. The van der Waals surface area contributed by atoms with Crippen LogP contribution in [0.4, 0.5) is 0 Å². The Morgan fingerprint density at radius 1 is 0.875 bits per heavy atom. The van der Waals surface area contributed by atoms with Crippen molar-refractivity contribution in [3.8, 4) is 34.3 Å². The molecule has 7 N–H and O–H groups in total. The van der Waals surface area contributed by atoms with Crippen LogP contribution in [-0.2, 0) is 4.74 Å². The predicted molar refractivity (Wildman–Crippen MR) is 107 cm³/mol. The van der Waals surface area contributed by atoms with Gasteiger partial charge in [-0.2, -0.15) is 0 Å². The number of phenolic OH excluding ortho intramolecular Hbond substituents is 3. The number of phenols is 3. The number of aromatic hydroxyl groups is 3. The molecule has 0 bridgehead atoms. The van der Waals surface area contributed by atoms with E-state index in [1.165, 1.54) is 24.3 Å². The van der Waals surface area contributed by atoms with Crippen molar-refractivity contribution < 1.29 is 49.6 Å². The summed E-state index contributed by atoms with van der Waals surface area (Å²) < 4.78 is 16.4. The maximum Gasteiger partial charge on any atom is 0.229 e. The molecule has 0 saturated carbocycles. The predicted octanol–water partition coefficient (Wildman–Crippen LogP) is -0.245. The molecular formula is C21H20O11. The number of ether oxygens (including phenoxy) is 2. The molecule has 2 aromatic carbocycles. The van der Waals surface area contributed by atoms with Gasteiger partial charge in [0.2, 0.25) is 6.29 Å². The van der Waals surface area contributed by atoms with Gasteiger partial charge in [0, 0.05) is 23.8 Å². The molecule has 1 aliphatic heterocycles. The fraction of sp³-hybridized carbons (Fsp3) is 0.286. The standard InChI is InChI=1S/C21H20O11/c22-7-16-18(27)19(28)20(29)21(32-16)30-9-4-12(25)17-13(26)6-14(31-15(17)5-9)8-1-2-10(23)11(24)3-8/h1-6,16,18-25,27-29H,7H2/t16-,18+,19+,20+,21-/m0/s1. The Bertz CT molecular complexity index is 1200. The molecule has 32 heavy (non-hydrogen) atoms. The lowest BCUT2D eigenvalue weighted by Gasteiger charge is -2.39. The molecule has 1 aliphatic rings. The van der Waals surface area contributed by atoms with E-state index in [1.54, 1.807) is 0 Å². The Labute approximate surface area is 179 Å². The Morgan fingerprint density at radius 2 is 1.62 bits per heavy atom. The van der Waals surface area contributed by atoms with Crippen molar-refractivity contribution in [1.29, 1.82) is 0 Å². The second kappa shape index (κ2) is 8.30. The van der Waals surface area contributed by atoms with Crippen LogP contribution in [0.5, 0.6) is 23.0 Å². The Morgan fingerprint density at radius 3 is 2.31 bits per heavy atom. The highest BCUT2D eigenvalue weighted by Gasteiger charge is 2.44. The summed E-state index contributed by atoms with van der Waals surface area (Å²) in [6.07, 6.45) is -7.61. The second-order valence-corrected chi connectivity index (χ2v) is 7.31. The first kappa shape index (κ1) is 21.9. The van der Waals surface area contributed by atoms with Gasteiger partial charge in [0.25, 0.3) is 0 Å². The first-order valence-corrected chi connectivity index (χ1v) is 9.50. The summed E-state index contributed by atoms with van der Waals surface area (Å²) in [6, 6.07) is 7.23. The van der Waals surface area contributed by atoms with Gasteiger partial charge in [0.05, 0.1) is 6.61 Å². The van der Waals surface area contributed by atoms with Crippen molar-refractivity contribution in [2.45, 2.75) is 30.7 Å². The number of benzene rings is 2. The summed E-state index contributed by atoms with van der Waals surface area (Å²) >= 11 is 0. The maximum atomic E-state index is 12.5. The van der Waals surface area contributed by atoms with E-state index in [1.807, 2.05) is 0 Å². The van der Waals surface area contributed by atoms with Gasteiger partial charge < -0.3 is 49.6 Å². The zero-order valence-corrected chi connectivity index (χ0v) is 16.3. The van der Waals surface area contributed by atoms with E-state index >= 15 is 0 Å². The highest BCUT2D eigenvalue weighted by molar-refractivity contribution is 5.86. The van der Waals surface area contributed by atoms with Crippen LogP contribution in [0.3, 0.4) is 0 Å². The monoisotopic (exact) mass is 448 g/mol. The lowest BCUT2D eigenvalue weighted by Crippen LogP contribution is -2.60. The van der Waals surface area contributed by atoms with E-state index in [0.29, 0.717) is 0 Å². The number of fused-ring (bicyclic) bond motifs is 1. The molecule has 5 atom stereocenters. The summed E-state index contributed by atoms with van der Waals surface area (Å²) in [7, 11) is 0. The Balaban J connectivity index is 1.72. The first-order chi connectivity index (χ1) is 15.2. The summed E-state index contributed by atoms with van der Waals surface area (Å²) in [4.78, 5) is 12.5. The van der Waals surface area contributed by atoms with E-state index in [2.05, 4.69) is 0 Å². The normalized spacial score (nSPS) is 25.7. The van der Waals surface area contributed by atoms with Crippen molar-refractivity contribution in [1.82, 2.24) is 0 Å². The Hall–Kier alpha value is -3.35. The van der Waals surface area contributed by atoms with Crippen LogP contribution in [0.15, 0.2) is 45.6 Å². The minimum absolute atomic E-state index is 0.0298. The molecule has 1 aromatic heterocycles. The van der Waals surface area contributed by atoms with Gasteiger partial charge >= 0.3 is 0 Å². The third-order valence-corrected chi connectivity index (χ3v) is 5.14. The summed E-state index contributed by atoms with van der Waals surface area (Å²) in [6.45, 7) is -0.647. The van der Waals surface area contributed by atoms with Gasteiger partial charge in [0.1, 0.15) is 52.6 Å². The molecule has 170 valence electrons. The van der Waals surface area contributed by atoms with Crippen LogP contribution in [0.1, 0.15) is 0 Å². The van der Waals surface area contributed by atoms with Crippen LogP contribution in [-0.4, -0.2) is 73.1 Å². The fourth-order valence-electron chi connectivity index (χ4n) is 3.43. The van der Waals surface area contributed by atoms with Crippen molar-refractivity contribution in [3.63, 3.8) is 0 Å². The molecule has 11 heteroatoms. The van der Waals surface area contributed by atoms with Gasteiger partial charge in [0.15, 0.2) is 16.9 Å². The van der Waals surface area contributed by atoms with Gasteiger partial charge in [-0.05, 0) is 18.2 Å². The molecular weight excluding hydrogens is 428 g/mol. The number of aliphatic hydroxyl groups is 4. The SMILES string of the molecule is O=c1cc(-c2ccc(O)c(O)c2)oc2cc(O[C@H]3O[C@@H](CO)[C@@H](O)[C@@H](O)[C@H]3O)cc(O)c12. The van der Waals surface area contributed by atoms with Crippen LogP contribution in [0, 0.1) is 0 Å². The number of rotatable bonds is 4. The van der Waals surface area contributed by atoms with Crippen LogP contribution < -0.4 is 10.2 Å². The van der Waals surface area contributed by atoms with E-state index in [0.717, 1.165) is 12.1 Å². The average molecular weight is 448 g/mol. The minimum atomic E-state index is -1.68. The van der Waals surface area contributed by atoms with Crippen molar-refractivity contribution in [3.05, 3.63) is 46.6 Å². The quantitative estimate of drug-likeness (QED) is 0.261. The minimum Gasteiger partial charge on any atom is -0.507 e. The number of aliphatic hydroxyl groups excluding tert-OH is 4. The lowest BCUT2D eigenvalue weighted by atomic mass is 9.99. The van der Waals surface area contributed by atoms with Crippen molar-refractivity contribution >= 4 is 11.0 Å². The summed E-state index contributed by atoms with van der Waals surface area (Å²) in [5.41, 5.74) is -0.413. The van der Waals surface area contributed by atoms with Gasteiger partial charge in [-0.1, -0.05) is 0 Å². The molecule has 4 rings (SSSR count). The average Bonchev–Trinajstić information content (AvgIpc) is 2.75. The molecule has 11 nitrogen and oxygen atoms in total. The van der Waals surface area contributed by atoms with Gasteiger partial charge in [-0.25, -0.2) is 0 Å². The van der Waals surface area contributed by atoms with Crippen LogP contribution >= 0.6 is 0 Å². The molecule has 2 heterocycles. The largest absolute Gasteiger partial charge is 0.507 e. The number of hydrogen-bond acceptors (Lipinski definition) is 11. The van der Waals surface area contributed by atoms with E-state index < -0.39 is 54.2 Å². The molecule has 1 fully saturated rings. The van der Waals surface area contributed by atoms with E-state index in [9.17, 15) is 40.5 Å². The zero-order chi connectivity index (χ0) is 23.2. The highest BCUT2D eigenvalue weighted by atomic mass is 16.7. The van der Waals surface area contributed by atoms with E-state index in [4.69, 9.17) is 13.9 Å². The summed E-state index contributed by atoms with van der Waals surface area (Å²) in [5, 5.41) is 68.5. The third-order valence-electron chi connectivity index (χ3n) is 5.14. The molecule has 0 unspecified atom stereocenters. The fourth-order valence-corrected chi connectivity index (χ4v) is 3.43. The van der Waals surface area contributed by atoms with E-state index in [-0.39, 0.29) is 33.8 Å². The molecule has 0 radical (unpaired) electrons. The number of hydrogen-bond donors (Lipinski definition) is 7. The van der Waals surface area contributed by atoms with Crippen LogP contribution in [0.2, 0.25) is 0 Å². The summed E-state index contributed by atoms with van der Waals surface area (Å²) in [5.74, 6) is -1.34. The molecule has 0 aliphatic carbocycles. The molecule has 0 amide bonds. The molecule has 0 spiro atoms. The third kappa shape index (κ3) is 3.83. The Kier molecular flexibility index (Phi) is 5.67.